The molecule has 0 radical (unpaired) electrons. The van der Waals surface area contributed by atoms with Crippen molar-refractivity contribution in [2.24, 2.45) is 0 Å². The third-order valence-electron chi connectivity index (χ3n) is 3.60. The molecule has 0 bridgehead atoms. The smallest absolute Gasteiger partial charge is 0.333 e. The summed E-state index contributed by atoms with van der Waals surface area (Å²) < 4.78 is 0. The minimum atomic E-state index is -1.79. The summed E-state index contributed by atoms with van der Waals surface area (Å²) in [5.41, 5.74) is 0. The number of aliphatic carboxylic acids is 3. The average Bonchev–Trinajstić information content (AvgIpc) is 3.33. The molecule has 33 heavy (non-hydrogen) atoms. The average molecular weight is 493 g/mol. The first-order valence-corrected chi connectivity index (χ1v) is 9.53. The van der Waals surface area contributed by atoms with Crippen LogP contribution in [0.15, 0.2) is 0 Å². The molecule has 0 aromatic carbocycles. The van der Waals surface area contributed by atoms with Gasteiger partial charge in [-0.1, -0.05) is 0 Å². The highest BCUT2D eigenvalue weighted by atomic mass is 16.4. The Bertz CT molecular complexity index is 501. The molecular formula is C17H35NO15. The Kier molecular flexibility index (Phi) is 23.6. The number of rotatable bonds is 10. The maximum atomic E-state index is 10.1. The summed E-state index contributed by atoms with van der Waals surface area (Å²) in [5, 5.41) is 102. The summed E-state index contributed by atoms with van der Waals surface area (Å²) in [6.07, 6.45) is -6.01. The van der Waals surface area contributed by atoms with E-state index < -0.39 is 68.1 Å². The van der Waals surface area contributed by atoms with Crippen LogP contribution in [0.3, 0.4) is 0 Å². The largest absolute Gasteiger partial charge is 0.481 e. The van der Waals surface area contributed by atoms with E-state index in [2.05, 4.69) is 5.32 Å². The van der Waals surface area contributed by atoms with Gasteiger partial charge < -0.3 is 66.6 Å². The molecule has 198 valence electrons. The monoisotopic (exact) mass is 493 g/mol. The fourth-order valence-electron chi connectivity index (χ4n) is 1.68. The Morgan fingerprint density at radius 3 is 1.39 bits per heavy atom. The van der Waals surface area contributed by atoms with Crippen LogP contribution in [-0.2, 0) is 14.4 Å². The van der Waals surface area contributed by atoms with Crippen molar-refractivity contribution in [3.8, 4) is 0 Å². The molecule has 16 heteroatoms. The number of aliphatic hydroxyl groups is 9. The van der Waals surface area contributed by atoms with Crippen molar-refractivity contribution in [1.29, 1.82) is 0 Å². The molecule has 1 fully saturated rings. The lowest BCUT2D eigenvalue weighted by Crippen LogP contribution is -2.41. The number of hydrogen-bond donors (Lipinski definition) is 13. The van der Waals surface area contributed by atoms with E-state index in [1.807, 2.05) is 0 Å². The van der Waals surface area contributed by atoms with Crippen molar-refractivity contribution < 1.29 is 75.7 Å². The van der Waals surface area contributed by atoms with Gasteiger partial charge in [-0.3, -0.25) is 9.59 Å². The van der Waals surface area contributed by atoms with Gasteiger partial charge in [-0.05, 0) is 19.4 Å². The van der Waals surface area contributed by atoms with Gasteiger partial charge in [0.2, 0.25) is 0 Å². The van der Waals surface area contributed by atoms with Gasteiger partial charge in [0.1, 0.15) is 30.5 Å². The van der Waals surface area contributed by atoms with Gasteiger partial charge in [-0.2, -0.15) is 0 Å². The molecule has 0 aromatic rings. The fourth-order valence-corrected chi connectivity index (χ4v) is 1.68. The van der Waals surface area contributed by atoms with Crippen molar-refractivity contribution in [3.05, 3.63) is 0 Å². The lowest BCUT2D eigenvalue weighted by atomic mass is 10.1. The van der Waals surface area contributed by atoms with Gasteiger partial charge in [0.15, 0.2) is 6.10 Å². The van der Waals surface area contributed by atoms with Crippen molar-refractivity contribution in [1.82, 2.24) is 5.32 Å². The van der Waals surface area contributed by atoms with E-state index in [9.17, 15) is 14.4 Å². The van der Waals surface area contributed by atoms with E-state index in [0.29, 0.717) is 0 Å². The highest BCUT2D eigenvalue weighted by molar-refractivity contribution is 5.79. The molecule has 0 amide bonds. The summed E-state index contributed by atoms with van der Waals surface area (Å²) in [4.78, 5) is 29.6. The summed E-state index contributed by atoms with van der Waals surface area (Å²) in [6.45, 7) is -1.15. The van der Waals surface area contributed by atoms with Crippen LogP contribution in [0.25, 0.3) is 0 Å². The maximum Gasteiger partial charge on any atom is 0.333 e. The second-order valence-electron chi connectivity index (χ2n) is 6.45. The van der Waals surface area contributed by atoms with Crippen LogP contribution >= 0.6 is 0 Å². The van der Waals surface area contributed by atoms with Crippen LogP contribution in [0.4, 0.5) is 0 Å². The third kappa shape index (κ3) is 21.6. The molecule has 1 saturated heterocycles. The predicted octanol–water partition coefficient (Wildman–Crippen LogP) is -5.88. The molecule has 3 unspecified atom stereocenters. The van der Waals surface area contributed by atoms with Gasteiger partial charge in [0.05, 0.1) is 32.8 Å². The van der Waals surface area contributed by atoms with E-state index in [4.69, 9.17) is 61.3 Å². The maximum absolute atomic E-state index is 10.1. The molecule has 1 aliphatic rings. The Balaban J connectivity index is -0.000000369. The predicted molar refractivity (Wildman–Crippen MR) is 107 cm³/mol. The second kappa shape index (κ2) is 21.8. The molecule has 0 spiro atoms. The van der Waals surface area contributed by atoms with Crippen LogP contribution < -0.4 is 5.32 Å². The third-order valence-corrected chi connectivity index (χ3v) is 3.60. The first-order valence-electron chi connectivity index (χ1n) is 9.53. The minimum Gasteiger partial charge on any atom is -0.481 e. The van der Waals surface area contributed by atoms with Gasteiger partial charge in [0, 0.05) is 0 Å². The first-order chi connectivity index (χ1) is 15.3. The van der Waals surface area contributed by atoms with Gasteiger partial charge in [-0.15, -0.1) is 0 Å². The van der Waals surface area contributed by atoms with Crippen LogP contribution in [0.2, 0.25) is 0 Å². The Labute approximate surface area is 188 Å². The van der Waals surface area contributed by atoms with E-state index >= 15 is 0 Å². The topological polar surface area (TPSA) is 306 Å². The van der Waals surface area contributed by atoms with E-state index in [1.54, 1.807) is 0 Å². The highest BCUT2D eigenvalue weighted by Crippen LogP contribution is 2.03. The summed E-state index contributed by atoms with van der Waals surface area (Å²) in [6, 6.07) is -0.269. The van der Waals surface area contributed by atoms with Crippen LogP contribution in [0.5, 0.6) is 0 Å². The first kappa shape index (κ1) is 35.6. The zero-order valence-corrected chi connectivity index (χ0v) is 17.7. The molecule has 1 heterocycles. The van der Waals surface area contributed by atoms with Gasteiger partial charge in [-0.25, -0.2) is 4.79 Å². The number of nitrogens with one attached hydrogen (secondary N) is 1. The van der Waals surface area contributed by atoms with Crippen LogP contribution in [0, 0.1) is 0 Å². The Morgan fingerprint density at radius 2 is 1.24 bits per heavy atom. The molecule has 0 saturated carbocycles. The van der Waals surface area contributed by atoms with E-state index in [0.717, 1.165) is 19.4 Å². The van der Waals surface area contributed by atoms with Gasteiger partial charge in [0.25, 0.3) is 0 Å². The van der Waals surface area contributed by atoms with Crippen molar-refractivity contribution in [3.63, 3.8) is 0 Å². The lowest BCUT2D eigenvalue weighted by Gasteiger charge is -2.19. The molecule has 16 nitrogen and oxygen atoms in total. The van der Waals surface area contributed by atoms with Crippen molar-refractivity contribution >= 4 is 17.9 Å². The molecular weight excluding hydrogens is 458 g/mol. The van der Waals surface area contributed by atoms with E-state index in [1.165, 1.54) is 0 Å². The zero-order valence-electron chi connectivity index (χ0n) is 17.7. The normalized spacial score (nSPS) is 18.2. The highest BCUT2D eigenvalue weighted by Gasteiger charge is 2.23. The summed E-state index contributed by atoms with van der Waals surface area (Å²) in [7, 11) is 0. The zero-order chi connectivity index (χ0) is 26.6. The number of carboxylic acids is 3. The lowest BCUT2D eigenvalue weighted by molar-refractivity contribution is -0.152. The standard InChI is InChI=1S/C5H9NO2.C5H12O5.C4H6O5.C3H8O3/c7-5(8)4-2-1-3-6-4;6-1-3(8)5(10)4(9)2-7;5-2(4(8)9)1-3(6)7;4-1-3(6)2-5/h4,6H,1-3H2,(H,7,8);3-10H,1-2H2;2,5H,1H2,(H,6,7)(H,8,9);3-6H,1-2H2/t4-;;;/m0.../s1. The number of aliphatic hydroxyl groups excluding tert-OH is 9. The van der Waals surface area contributed by atoms with Crippen molar-refractivity contribution in [2.45, 2.75) is 55.8 Å². The number of hydrogen-bond acceptors (Lipinski definition) is 13. The minimum absolute atomic E-state index is 0.269. The SMILES string of the molecule is O=C(O)CC(O)C(=O)O.O=C(O)[C@@H]1CCCN1.OCC(O)C(O)C(O)CO.OCC(O)CO. The Hall–Kier alpha value is -1.99. The number of carbonyl (C=O) groups is 3. The Morgan fingerprint density at radius 1 is 0.788 bits per heavy atom. The number of carboxylic acid groups (broad SMARTS) is 3. The van der Waals surface area contributed by atoms with E-state index in [-0.39, 0.29) is 19.3 Å². The quantitative estimate of drug-likeness (QED) is 0.135. The molecule has 4 atom stereocenters. The molecule has 1 aliphatic heterocycles. The molecule has 13 N–H and O–H groups in total. The van der Waals surface area contributed by atoms with Crippen molar-refractivity contribution in [2.75, 3.05) is 33.0 Å². The molecule has 0 aliphatic carbocycles. The summed E-state index contributed by atoms with van der Waals surface area (Å²) >= 11 is 0. The summed E-state index contributed by atoms with van der Waals surface area (Å²) in [5.74, 6) is -3.56. The fraction of sp³-hybridized carbons (Fsp3) is 0.824. The second-order valence-corrected chi connectivity index (χ2v) is 6.45. The van der Waals surface area contributed by atoms with Crippen LogP contribution in [0.1, 0.15) is 19.3 Å². The van der Waals surface area contributed by atoms with Gasteiger partial charge >= 0.3 is 17.9 Å². The van der Waals surface area contributed by atoms with Crippen LogP contribution in [-0.4, -0.2) is 149 Å². The molecule has 0 aromatic heterocycles. The molecule has 1 rings (SSSR count).